The maximum atomic E-state index is 5.57. The number of nitrogen functional groups attached to an aromatic ring is 1. The van der Waals surface area contributed by atoms with E-state index in [0.29, 0.717) is 5.13 Å². The van der Waals surface area contributed by atoms with Crippen LogP contribution in [0.4, 0.5) is 5.13 Å². The lowest BCUT2D eigenvalue weighted by Crippen LogP contribution is -2.36. The second kappa shape index (κ2) is 3.64. The van der Waals surface area contributed by atoms with Gasteiger partial charge in [0.2, 0.25) is 0 Å². The van der Waals surface area contributed by atoms with Crippen molar-refractivity contribution in [2.75, 3.05) is 12.8 Å². The van der Waals surface area contributed by atoms with Crippen LogP contribution < -0.4 is 5.73 Å². The molecule has 2 rings (SSSR count). The molecule has 1 aromatic rings. The van der Waals surface area contributed by atoms with E-state index in [1.54, 1.807) is 0 Å². The summed E-state index contributed by atoms with van der Waals surface area (Å²) < 4.78 is 0. The fourth-order valence-electron chi connectivity index (χ4n) is 1.61. The molecular weight excluding hydrogens is 182 g/mol. The Bertz CT molecular complexity index is 280. The van der Waals surface area contributed by atoms with E-state index in [4.69, 9.17) is 5.73 Å². The fourth-order valence-corrected chi connectivity index (χ4v) is 2.16. The second-order valence-corrected chi connectivity index (χ2v) is 4.57. The van der Waals surface area contributed by atoms with Crippen molar-refractivity contribution in [1.82, 2.24) is 9.88 Å². The Morgan fingerprint density at radius 3 is 2.92 bits per heavy atom. The van der Waals surface area contributed by atoms with Gasteiger partial charge < -0.3 is 5.73 Å². The van der Waals surface area contributed by atoms with E-state index in [1.165, 1.54) is 30.6 Å². The average molecular weight is 197 g/mol. The van der Waals surface area contributed by atoms with Crippen molar-refractivity contribution in [3.63, 3.8) is 0 Å². The average Bonchev–Trinajstić information content (AvgIpc) is 2.31. The lowest BCUT2D eigenvalue weighted by molar-refractivity contribution is 0.151. The highest BCUT2D eigenvalue weighted by atomic mass is 32.1. The number of rotatable bonds is 3. The van der Waals surface area contributed by atoms with Crippen LogP contribution in [0.15, 0.2) is 5.38 Å². The first kappa shape index (κ1) is 8.97. The first-order valence-corrected chi connectivity index (χ1v) is 5.54. The minimum absolute atomic E-state index is 0.678. The highest BCUT2D eigenvalue weighted by molar-refractivity contribution is 7.13. The molecule has 0 saturated heterocycles. The third kappa shape index (κ3) is 2.00. The van der Waals surface area contributed by atoms with Crippen LogP contribution in [0.3, 0.4) is 0 Å². The first-order chi connectivity index (χ1) is 6.25. The Morgan fingerprint density at radius 1 is 1.69 bits per heavy atom. The minimum atomic E-state index is 0.678. The quantitative estimate of drug-likeness (QED) is 0.802. The smallest absolute Gasteiger partial charge is 0.180 e. The summed E-state index contributed by atoms with van der Waals surface area (Å²) in [5.74, 6) is 0. The summed E-state index contributed by atoms with van der Waals surface area (Å²) in [6.45, 7) is 0.943. The van der Waals surface area contributed by atoms with Crippen LogP contribution in [0.5, 0.6) is 0 Å². The molecule has 1 fully saturated rings. The number of anilines is 1. The molecule has 72 valence electrons. The third-order valence-electron chi connectivity index (χ3n) is 2.68. The van der Waals surface area contributed by atoms with Crippen LogP contribution in [0.1, 0.15) is 25.0 Å². The molecule has 0 amide bonds. The van der Waals surface area contributed by atoms with Gasteiger partial charge in [-0.2, -0.15) is 0 Å². The van der Waals surface area contributed by atoms with Crippen molar-refractivity contribution in [2.45, 2.75) is 31.8 Å². The number of hydrogen-bond donors (Lipinski definition) is 1. The fraction of sp³-hybridized carbons (Fsp3) is 0.667. The molecule has 2 N–H and O–H groups in total. The van der Waals surface area contributed by atoms with Crippen molar-refractivity contribution in [1.29, 1.82) is 0 Å². The van der Waals surface area contributed by atoms with Crippen LogP contribution in [0.2, 0.25) is 0 Å². The van der Waals surface area contributed by atoms with Gasteiger partial charge in [-0.15, -0.1) is 11.3 Å². The minimum Gasteiger partial charge on any atom is -0.375 e. The van der Waals surface area contributed by atoms with Crippen LogP contribution in [0.25, 0.3) is 0 Å². The number of hydrogen-bond acceptors (Lipinski definition) is 4. The Labute approximate surface area is 82.6 Å². The summed E-state index contributed by atoms with van der Waals surface area (Å²) in [4.78, 5) is 6.62. The molecule has 0 unspecified atom stereocenters. The lowest BCUT2D eigenvalue weighted by Gasteiger charge is -2.34. The second-order valence-electron chi connectivity index (χ2n) is 3.68. The van der Waals surface area contributed by atoms with E-state index >= 15 is 0 Å². The third-order valence-corrected chi connectivity index (χ3v) is 3.40. The summed E-state index contributed by atoms with van der Waals surface area (Å²) in [6, 6.07) is 0.780. The zero-order chi connectivity index (χ0) is 9.26. The predicted molar refractivity (Wildman–Crippen MR) is 55.6 cm³/mol. The number of nitrogens with zero attached hydrogens (tertiary/aromatic N) is 2. The van der Waals surface area contributed by atoms with Crippen molar-refractivity contribution in [2.24, 2.45) is 0 Å². The SMILES string of the molecule is CN(Cc1csc(N)n1)C1CCC1. The first-order valence-electron chi connectivity index (χ1n) is 4.66. The Balaban J connectivity index is 1.89. The molecular formula is C9H15N3S. The molecule has 0 aromatic carbocycles. The summed E-state index contributed by atoms with van der Waals surface area (Å²) in [5.41, 5.74) is 6.67. The summed E-state index contributed by atoms with van der Waals surface area (Å²) in [5, 5.41) is 2.72. The van der Waals surface area contributed by atoms with Gasteiger partial charge in [-0.3, -0.25) is 4.90 Å². The normalized spacial score (nSPS) is 17.7. The molecule has 13 heavy (non-hydrogen) atoms. The van der Waals surface area contributed by atoms with Crippen molar-refractivity contribution < 1.29 is 0 Å². The maximum absolute atomic E-state index is 5.57. The van der Waals surface area contributed by atoms with Crippen molar-refractivity contribution >= 4 is 16.5 Å². The van der Waals surface area contributed by atoms with Crippen LogP contribution in [0, 0.1) is 0 Å². The lowest BCUT2D eigenvalue weighted by atomic mass is 9.92. The van der Waals surface area contributed by atoms with E-state index < -0.39 is 0 Å². The topological polar surface area (TPSA) is 42.1 Å². The van der Waals surface area contributed by atoms with Gasteiger partial charge in [-0.25, -0.2) is 4.98 Å². The van der Waals surface area contributed by atoms with E-state index in [1.807, 2.05) is 5.38 Å². The van der Waals surface area contributed by atoms with Gasteiger partial charge in [-0.05, 0) is 19.9 Å². The highest BCUT2D eigenvalue weighted by Gasteiger charge is 2.22. The van der Waals surface area contributed by atoms with Gasteiger partial charge in [0.15, 0.2) is 5.13 Å². The van der Waals surface area contributed by atoms with Crippen LogP contribution in [-0.4, -0.2) is 23.0 Å². The molecule has 0 aliphatic heterocycles. The summed E-state index contributed by atoms with van der Waals surface area (Å²) in [7, 11) is 2.17. The standard InChI is InChI=1S/C9H15N3S/c1-12(8-3-2-4-8)5-7-6-13-9(10)11-7/h6,8H,2-5H2,1H3,(H2,10,11). The Morgan fingerprint density at radius 2 is 2.46 bits per heavy atom. The molecule has 1 aliphatic carbocycles. The van der Waals surface area contributed by atoms with Gasteiger partial charge in [0.25, 0.3) is 0 Å². The number of nitrogens with two attached hydrogens (primary N) is 1. The molecule has 1 aromatic heterocycles. The molecule has 0 atom stereocenters. The van der Waals surface area contributed by atoms with Crippen LogP contribution in [-0.2, 0) is 6.54 Å². The van der Waals surface area contributed by atoms with E-state index in [0.717, 1.165) is 18.3 Å². The van der Waals surface area contributed by atoms with Gasteiger partial charge >= 0.3 is 0 Å². The van der Waals surface area contributed by atoms with Crippen LogP contribution >= 0.6 is 11.3 Å². The molecule has 0 bridgehead atoms. The van der Waals surface area contributed by atoms with E-state index in [2.05, 4.69) is 16.9 Å². The molecule has 1 saturated carbocycles. The molecule has 0 radical (unpaired) electrons. The van der Waals surface area contributed by atoms with E-state index in [9.17, 15) is 0 Å². The molecule has 1 aliphatic rings. The number of aromatic nitrogens is 1. The Hall–Kier alpha value is -0.610. The monoisotopic (exact) mass is 197 g/mol. The van der Waals surface area contributed by atoms with Crippen molar-refractivity contribution in [3.05, 3.63) is 11.1 Å². The van der Waals surface area contributed by atoms with Crippen molar-refractivity contribution in [3.8, 4) is 0 Å². The van der Waals surface area contributed by atoms with Gasteiger partial charge in [0.1, 0.15) is 0 Å². The van der Waals surface area contributed by atoms with Gasteiger partial charge in [-0.1, -0.05) is 6.42 Å². The maximum Gasteiger partial charge on any atom is 0.180 e. The molecule has 3 nitrogen and oxygen atoms in total. The zero-order valence-electron chi connectivity index (χ0n) is 7.86. The zero-order valence-corrected chi connectivity index (χ0v) is 8.68. The summed E-state index contributed by atoms with van der Waals surface area (Å²) >= 11 is 1.52. The molecule has 1 heterocycles. The van der Waals surface area contributed by atoms with E-state index in [-0.39, 0.29) is 0 Å². The molecule has 0 spiro atoms. The van der Waals surface area contributed by atoms with Gasteiger partial charge in [0, 0.05) is 18.0 Å². The molecule has 4 heteroatoms. The predicted octanol–water partition coefficient (Wildman–Crippen LogP) is 1.71. The highest BCUT2D eigenvalue weighted by Crippen LogP contribution is 2.25. The Kier molecular flexibility index (Phi) is 2.51. The summed E-state index contributed by atoms with van der Waals surface area (Å²) in [6.07, 6.45) is 4.07. The number of thiazole rings is 1. The van der Waals surface area contributed by atoms with Gasteiger partial charge in [0.05, 0.1) is 5.69 Å². The largest absolute Gasteiger partial charge is 0.375 e.